The number of nitrogens with zero attached hydrogens (tertiary/aromatic N) is 1. The van der Waals surface area contributed by atoms with Crippen LogP contribution in [-0.2, 0) is 4.79 Å². The predicted molar refractivity (Wildman–Crippen MR) is 37.3 cm³/mol. The summed E-state index contributed by atoms with van der Waals surface area (Å²) in [6.07, 6.45) is 0. The molecule has 10 heavy (non-hydrogen) atoms. The highest BCUT2D eigenvalue weighted by Crippen LogP contribution is 1.73. The molecule has 0 saturated carbocycles. The molecule has 4 heteroatoms. The van der Waals surface area contributed by atoms with E-state index in [0.29, 0.717) is 0 Å². The Morgan fingerprint density at radius 2 is 1.20 bits per heavy atom. The molecular formula is C6H16BrNO2. The molecule has 0 radical (unpaired) electrons. The van der Waals surface area contributed by atoms with Gasteiger partial charge in [0.15, 0.2) is 0 Å². The molecule has 0 rings (SSSR count). The summed E-state index contributed by atoms with van der Waals surface area (Å²) in [6, 6.07) is 0. The lowest BCUT2D eigenvalue weighted by Gasteiger charge is -2.14. The standard InChI is InChI=1S/C4H12N.C2H4O2.BrH/c1-5(2,3)4;1-2(3)4;/h1-4H3;1H3,(H,3,4);1H/q+1;;/p-1. The topological polar surface area (TPSA) is 37.3 Å². The monoisotopic (exact) mass is 213 g/mol. The van der Waals surface area contributed by atoms with Crippen LogP contribution >= 0.6 is 0 Å². The molecule has 0 bridgehead atoms. The summed E-state index contributed by atoms with van der Waals surface area (Å²) in [5.74, 6) is -0.833. The van der Waals surface area contributed by atoms with Crippen LogP contribution in [0.3, 0.4) is 0 Å². The van der Waals surface area contributed by atoms with Crippen LogP contribution in [0, 0.1) is 0 Å². The van der Waals surface area contributed by atoms with E-state index in [9.17, 15) is 0 Å². The fraction of sp³-hybridized carbons (Fsp3) is 0.833. The van der Waals surface area contributed by atoms with E-state index in [1.807, 2.05) is 0 Å². The lowest BCUT2D eigenvalue weighted by molar-refractivity contribution is -0.849. The van der Waals surface area contributed by atoms with E-state index in [4.69, 9.17) is 9.90 Å². The van der Waals surface area contributed by atoms with E-state index in [0.717, 1.165) is 11.4 Å². The number of carboxylic acid groups (broad SMARTS) is 1. The molecule has 0 aliphatic rings. The van der Waals surface area contributed by atoms with Crippen molar-refractivity contribution in [3.8, 4) is 0 Å². The third kappa shape index (κ3) is 46600. The van der Waals surface area contributed by atoms with Crippen LogP contribution in [0.1, 0.15) is 6.92 Å². The molecule has 0 spiro atoms. The number of rotatable bonds is 0. The molecule has 0 heterocycles. The van der Waals surface area contributed by atoms with Crippen LogP contribution in [0.4, 0.5) is 0 Å². The van der Waals surface area contributed by atoms with Gasteiger partial charge < -0.3 is 26.6 Å². The molecule has 0 aromatic heterocycles. The second-order valence-electron chi connectivity index (χ2n) is 3.20. The minimum absolute atomic E-state index is 0. The first-order valence-electron chi connectivity index (χ1n) is 2.72. The Labute approximate surface area is 73.0 Å². The van der Waals surface area contributed by atoms with Crippen LogP contribution in [0.2, 0.25) is 0 Å². The Kier molecular flexibility index (Phi) is 11.6. The van der Waals surface area contributed by atoms with E-state index in [-0.39, 0.29) is 17.0 Å². The zero-order chi connectivity index (χ0) is 8.08. The molecule has 64 valence electrons. The Morgan fingerprint density at radius 1 is 1.20 bits per heavy atom. The number of aliphatic carboxylic acids is 1. The third-order valence-corrected chi connectivity index (χ3v) is 0. The molecule has 1 N–H and O–H groups in total. The summed E-state index contributed by atoms with van der Waals surface area (Å²) < 4.78 is 1.00. The normalized spacial score (nSPS) is 8.50. The lowest BCUT2D eigenvalue weighted by Crippen LogP contribution is -3.00. The maximum atomic E-state index is 9.00. The van der Waals surface area contributed by atoms with Crippen LogP contribution in [0.25, 0.3) is 0 Å². The van der Waals surface area contributed by atoms with Gasteiger partial charge in [-0.2, -0.15) is 0 Å². The van der Waals surface area contributed by atoms with Crippen molar-refractivity contribution in [2.45, 2.75) is 6.92 Å². The van der Waals surface area contributed by atoms with Gasteiger partial charge in [-0.05, 0) is 0 Å². The Bertz CT molecular complexity index is 78.2. The molecule has 0 unspecified atom stereocenters. The van der Waals surface area contributed by atoms with Crippen molar-refractivity contribution < 1.29 is 31.4 Å². The Morgan fingerprint density at radius 3 is 1.20 bits per heavy atom. The maximum absolute atomic E-state index is 9.00. The van der Waals surface area contributed by atoms with E-state index in [1.165, 1.54) is 0 Å². The molecule has 0 fully saturated rings. The first kappa shape index (κ1) is 16.5. The number of halogens is 1. The molecular weight excluding hydrogens is 198 g/mol. The third-order valence-electron chi connectivity index (χ3n) is 0. The molecule has 0 atom stereocenters. The highest BCUT2D eigenvalue weighted by atomic mass is 79.9. The minimum Gasteiger partial charge on any atom is -1.00 e. The maximum Gasteiger partial charge on any atom is 0.300 e. The quantitative estimate of drug-likeness (QED) is 0.449. The zero-order valence-corrected chi connectivity index (χ0v) is 8.77. The average molecular weight is 214 g/mol. The Hall–Kier alpha value is -0.0900. The van der Waals surface area contributed by atoms with Gasteiger partial charge in [-0.25, -0.2) is 0 Å². The van der Waals surface area contributed by atoms with E-state index < -0.39 is 5.97 Å². The SMILES string of the molecule is CC(=O)O.C[N+](C)(C)C.[Br-]. The van der Waals surface area contributed by atoms with Gasteiger partial charge in [0.2, 0.25) is 0 Å². The number of quaternary nitrogens is 1. The summed E-state index contributed by atoms with van der Waals surface area (Å²) in [5.41, 5.74) is 0. The fourth-order valence-electron chi connectivity index (χ4n) is 0. The average Bonchev–Trinajstić information content (AvgIpc) is 1.19. The predicted octanol–water partition coefficient (Wildman–Crippen LogP) is -2.58. The summed E-state index contributed by atoms with van der Waals surface area (Å²) >= 11 is 0. The summed E-state index contributed by atoms with van der Waals surface area (Å²) in [6.45, 7) is 1.08. The lowest BCUT2D eigenvalue weighted by atomic mass is 10.8. The van der Waals surface area contributed by atoms with Crippen molar-refractivity contribution in [2.24, 2.45) is 0 Å². The minimum atomic E-state index is -0.833. The molecule has 0 amide bonds. The van der Waals surface area contributed by atoms with Crippen LogP contribution in [0.5, 0.6) is 0 Å². The van der Waals surface area contributed by atoms with Gasteiger partial charge in [0, 0.05) is 6.92 Å². The summed E-state index contributed by atoms with van der Waals surface area (Å²) in [4.78, 5) is 9.00. The number of hydrogen-bond donors (Lipinski definition) is 1. The fourth-order valence-corrected chi connectivity index (χ4v) is 0. The molecule has 0 aromatic carbocycles. The van der Waals surface area contributed by atoms with Crippen LogP contribution < -0.4 is 17.0 Å². The van der Waals surface area contributed by atoms with Crippen LogP contribution in [0.15, 0.2) is 0 Å². The summed E-state index contributed by atoms with van der Waals surface area (Å²) in [7, 11) is 8.50. The van der Waals surface area contributed by atoms with Crippen molar-refractivity contribution >= 4 is 5.97 Å². The number of hydrogen-bond acceptors (Lipinski definition) is 1. The van der Waals surface area contributed by atoms with Gasteiger partial charge in [-0.15, -0.1) is 0 Å². The second-order valence-corrected chi connectivity index (χ2v) is 3.20. The first-order valence-corrected chi connectivity index (χ1v) is 2.72. The van der Waals surface area contributed by atoms with Gasteiger partial charge >= 0.3 is 0 Å². The van der Waals surface area contributed by atoms with Crippen molar-refractivity contribution in [1.82, 2.24) is 0 Å². The van der Waals surface area contributed by atoms with E-state index in [2.05, 4.69) is 28.2 Å². The number of carbonyl (C=O) groups is 1. The smallest absolute Gasteiger partial charge is 0.300 e. The molecule has 0 aliphatic heterocycles. The zero-order valence-electron chi connectivity index (χ0n) is 7.18. The van der Waals surface area contributed by atoms with E-state index >= 15 is 0 Å². The van der Waals surface area contributed by atoms with Gasteiger partial charge in [0.1, 0.15) is 0 Å². The molecule has 0 aromatic rings. The molecule has 3 nitrogen and oxygen atoms in total. The first-order chi connectivity index (χ1) is 3.73. The van der Waals surface area contributed by atoms with Gasteiger partial charge in [-0.3, -0.25) is 4.79 Å². The summed E-state index contributed by atoms with van der Waals surface area (Å²) in [5, 5.41) is 7.42. The van der Waals surface area contributed by atoms with Gasteiger partial charge in [-0.1, -0.05) is 0 Å². The molecule has 0 saturated heterocycles. The molecule has 0 aliphatic carbocycles. The van der Waals surface area contributed by atoms with Crippen molar-refractivity contribution in [3.05, 3.63) is 0 Å². The largest absolute Gasteiger partial charge is 1.00 e. The van der Waals surface area contributed by atoms with Gasteiger partial charge in [0.25, 0.3) is 5.97 Å². The highest BCUT2D eigenvalue weighted by Gasteiger charge is 1.88. The van der Waals surface area contributed by atoms with Crippen molar-refractivity contribution in [3.63, 3.8) is 0 Å². The second kappa shape index (κ2) is 7.02. The number of carboxylic acids is 1. The van der Waals surface area contributed by atoms with E-state index in [1.54, 1.807) is 0 Å². The Balaban J connectivity index is -0.0000000910. The van der Waals surface area contributed by atoms with Crippen LogP contribution in [-0.4, -0.2) is 43.7 Å². The van der Waals surface area contributed by atoms with Gasteiger partial charge in [0.05, 0.1) is 28.2 Å². The van der Waals surface area contributed by atoms with Crippen molar-refractivity contribution in [2.75, 3.05) is 28.2 Å². The highest BCUT2D eigenvalue weighted by molar-refractivity contribution is 5.62. The van der Waals surface area contributed by atoms with Crippen molar-refractivity contribution in [1.29, 1.82) is 0 Å².